The van der Waals surface area contributed by atoms with Gasteiger partial charge in [-0.2, -0.15) is 0 Å². The number of allylic oxidation sites excluding steroid dienone is 2. The van der Waals surface area contributed by atoms with Crippen LogP contribution in [0.1, 0.15) is 96.5 Å². The number of benzene rings is 1. The molecule has 2 rings (SSSR count). The summed E-state index contributed by atoms with van der Waals surface area (Å²) < 4.78 is 5.79. The maximum atomic E-state index is 5.79. The molecule has 0 heterocycles. The molecule has 1 fully saturated rings. The second kappa shape index (κ2) is 13.9. The SMILES string of the molecule is CCCCCOc1ccc(CC/C=C/C2CCC(CCCCC)CC2)cc1. The molecule has 0 spiro atoms. The highest BCUT2D eigenvalue weighted by Crippen LogP contribution is 2.32. The molecule has 1 nitrogen and oxygen atoms in total. The molecule has 1 aromatic rings. The van der Waals surface area contributed by atoms with Gasteiger partial charge in [-0.05, 0) is 74.5 Å². The predicted octanol–water partition coefficient (Wildman–Crippen LogP) is 8.13. The number of unbranched alkanes of at least 4 members (excludes halogenated alkanes) is 4. The van der Waals surface area contributed by atoms with Crippen molar-refractivity contribution in [3.05, 3.63) is 42.0 Å². The zero-order chi connectivity index (χ0) is 19.2. The number of hydrogen-bond acceptors (Lipinski definition) is 1. The van der Waals surface area contributed by atoms with E-state index in [2.05, 4.69) is 50.3 Å². The quantitative estimate of drug-likeness (QED) is 0.251. The molecule has 1 aromatic carbocycles. The zero-order valence-corrected chi connectivity index (χ0v) is 17.9. The highest BCUT2D eigenvalue weighted by atomic mass is 16.5. The van der Waals surface area contributed by atoms with Crippen LogP contribution in [0.2, 0.25) is 0 Å². The average Bonchev–Trinajstić information content (AvgIpc) is 2.71. The van der Waals surface area contributed by atoms with Gasteiger partial charge in [-0.15, -0.1) is 0 Å². The molecule has 0 saturated heterocycles. The van der Waals surface area contributed by atoms with E-state index in [1.165, 1.54) is 69.8 Å². The second-order valence-electron chi connectivity index (χ2n) is 8.44. The molecule has 1 heteroatoms. The Bertz CT molecular complexity index is 493. The van der Waals surface area contributed by atoms with Crippen LogP contribution in [0.4, 0.5) is 0 Å². The molecule has 0 atom stereocenters. The fourth-order valence-electron chi connectivity index (χ4n) is 4.19. The van der Waals surface area contributed by atoms with Crippen LogP contribution in [-0.4, -0.2) is 6.61 Å². The summed E-state index contributed by atoms with van der Waals surface area (Å²) in [5, 5.41) is 0. The summed E-state index contributed by atoms with van der Waals surface area (Å²) in [6.45, 7) is 5.37. The van der Waals surface area contributed by atoms with Crippen LogP contribution in [0, 0.1) is 11.8 Å². The molecule has 1 aliphatic carbocycles. The molecule has 1 saturated carbocycles. The van der Waals surface area contributed by atoms with Crippen molar-refractivity contribution in [2.45, 2.75) is 97.3 Å². The van der Waals surface area contributed by atoms with Crippen molar-refractivity contribution in [3.8, 4) is 5.75 Å². The van der Waals surface area contributed by atoms with Crippen molar-refractivity contribution >= 4 is 0 Å². The van der Waals surface area contributed by atoms with Gasteiger partial charge in [0.2, 0.25) is 0 Å². The fraction of sp³-hybridized carbons (Fsp3) is 0.692. The minimum Gasteiger partial charge on any atom is -0.494 e. The molecule has 0 N–H and O–H groups in total. The number of rotatable bonds is 13. The maximum absolute atomic E-state index is 5.79. The first-order valence-corrected chi connectivity index (χ1v) is 11.7. The molecule has 27 heavy (non-hydrogen) atoms. The molecule has 0 amide bonds. The third kappa shape index (κ3) is 9.49. The third-order valence-corrected chi connectivity index (χ3v) is 6.06. The molecule has 152 valence electrons. The minimum absolute atomic E-state index is 0.839. The Morgan fingerprint density at radius 1 is 0.889 bits per heavy atom. The van der Waals surface area contributed by atoms with Crippen molar-refractivity contribution in [1.29, 1.82) is 0 Å². The summed E-state index contributed by atoms with van der Waals surface area (Å²) >= 11 is 0. The van der Waals surface area contributed by atoms with Gasteiger partial charge in [0.25, 0.3) is 0 Å². The van der Waals surface area contributed by atoms with Gasteiger partial charge in [-0.25, -0.2) is 0 Å². The summed E-state index contributed by atoms with van der Waals surface area (Å²) in [5.41, 5.74) is 1.42. The second-order valence-corrected chi connectivity index (χ2v) is 8.44. The van der Waals surface area contributed by atoms with E-state index in [1.54, 1.807) is 0 Å². The van der Waals surface area contributed by atoms with Crippen molar-refractivity contribution in [1.82, 2.24) is 0 Å². The number of hydrogen-bond donors (Lipinski definition) is 0. The Balaban J connectivity index is 1.58. The first kappa shape index (κ1) is 22.1. The van der Waals surface area contributed by atoms with Gasteiger partial charge in [0, 0.05) is 0 Å². The highest BCUT2D eigenvalue weighted by molar-refractivity contribution is 5.27. The monoisotopic (exact) mass is 370 g/mol. The zero-order valence-electron chi connectivity index (χ0n) is 17.9. The summed E-state index contributed by atoms with van der Waals surface area (Å²) in [4.78, 5) is 0. The fourth-order valence-corrected chi connectivity index (χ4v) is 4.19. The van der Waals surface area contributed by atoms with Crippen molar-refractivity contribution < 1.29 is 4.74 Å². The van der Waals surface area contributed by atoms with Gasteiger partial charge in [-0.3, -0.25) is 0 Å². The third-order valence-electron chi connectivity index (χ3n) is 6.06. The predicted molar refractivity (Wildman–Crippen MR) is 119 cm³/mol. The van der Waals surface area contributed by atoms with E-state index in [4.69, 9.17) is 4.74 Å². The van der Waals surface area contributed by atoms with Crippen LogP contribution in [0.25, 0.3) is 0 Å². The van der Waals surface area contributed by atoms with E-state index < -0.39 is 0 Å². The van der Waals surface area contributed by atoms with Crippen LogP contribution in [0.5, 0.6) is 5.75 Å². The van der Waals surface area contributed by atoms with E-state index in [0.717, 1.165) is 43.5 Å². The first-order valence-electron chi connectivity index (χ1n) is 11.7. The Hall–Kier alpha value is -1.24. The van der Waals surface area contributed by atoms with E-state index in [9.17, 15) is 0 Å². The molecular weight excluding hydrogens is 328 g/mol. The van der Waals surface area contributed by atoms with Crippen LogP contribution < -0.4 is 4.74 Å². The normalized spacial score (nSPS) is 20.2. The number of aryl methyl sites for hydroxylation is 1. The maximum Gasteiger partial charge on any atom is 0.119 e. The summed E-state index contributed by atoms with van der Waals surface area (Å²) in [7, 11) is 0. The van der Waals surface area contributed by atoms with Gasteiger partial charge in [0.05, 0.1) is 6.61 Å². The lowest BCUT2D eigenvalue weighted by Gasteiger charge is -2.26. The molecule has 0 bridgehead atoms. The molecule has 0 unspecified atom stereocenters. The van der Waals surface area contributed by atoms with Gasteiger partial charge in [0.1, 0.15) is 5.75 Å². The summed E-state index contributed by atoms with van der Waals surface area (Å²) in [6, 6.07) is 8.71. The molecular formula is C26H42O. The Morgan fingerprint density at radius 2 is 1.59 bits per heavy atom. The van der Waals surface area contributed by atoms with Crippen LogP contribution in [0.3, 0.4) is 0 Å². The van der Waals surface area contributed by atoms with Gasteiger partial charge >= 0.3 is 0 Å². The highest BCUT2D eigenvalue weighted by Gasteiger charge is 2.18. The lowest BCUT2D eigenvalue weighted by atomic mass is 9.79. The molecule has 1 aliphatic rings. The molecule has 0 aromatic heterocycles. The summed E-state index contributed by atoms with van der Waals surface area (Å²) in [6.07, 6.45) is 22.3. The topological polar surface area (TPSA) is 9.23 Å². The molecule has 0 aliphatic heterocycles. The van der Waals surface area contributed by atoms with Crippen molar-refractivity contribution in [2.75, 3.05) is 6.61 Å². The molecule has 0 radical (unpaired) electrons. The van der Waals surface area contributed by atoms with Gasteiger partial charge in [-0.1, -0.05) is 76.7 Å². The standard InChI is InChI=1S/C26H42O/c1-3-5-7-11-23-14-16-24(17-15-23)12-8-9-13-25-18-20-26(21-19-25)27-22-10-6-4-2/h8,12,18-21,23-24H,3-7,9-11,13-17,22H2,1-2H3/b12-8+. The van der Waals surface area contributed by atoms with Crippen LogP contribution in [0.15, 0.2) is 36.4 Å². The Kier molecular flexibility index (Phi) is 11.3. The largest absolute Gasteiger partial charge is 0.494 e. The van der Waals surface area contributed by atoms with Crippen molar-refractivity contribution in [2.24, 2.45) is 11.8 Å². The first-order chi connectivity index (χ1) is 13.3. The lowest BCUT2D eigenvalue weighted by molar-refractivity contribution is 0.289. The average molecular weight is 371 g/mol. The minimum atomic E-state index is 0.839. The Morgan fingerprint density at radius 3 is 2.30 bits per heavy atom. The van der Waals surface area contributed by atoms with E-state index in [0.29, 0.717) is 0 Å². The van der Waals surface area contributed by atoms with Crippen LogP contribution in [-0.2, 0) is 6.42 Å². The van der Waals surface area contributed by atoms with E-state index in [-0.39, 0.29) is 0 Å². The smallest absolute Gasteiger partial charge is 0.119 e. The van der Waals surface area contributed by atoms with E-state index >= 15 is 0 Å². The summed E-state index contributed by atoms with van der Waals surface area (Å²) in [5.74, 6) is 2.87. The lowest BCUT2D eigenvalue weighted by Crippen LogP contribution is -2.13. The Labute approximate surface area is 168 Å². The van der Waals surface area contributed by atoms with Gasteiger partial charge < -0.3 is 4.74 Å². The van der Waals surface area contributed by atoms with Crippen molar-refractivity contribution in [3.63, 3.8) is 0 Å². The van der Waals surface area contributed by atoms with Gasteiger partial charge in [0.15, 0.2) is 0 Å². The number of ether oxygens (including phenoxy) is 1. The van der Waals surface area contributed by atoms with Crippen LogP contribution >= 0.6 is 0 Å². The van der Waals surface area contributed by atoms with E-state index in [1.807, 2.05) is 0 Å².